The smallest absolute Gasteiger partial charge is 0.249 e. The molecule has 1 aromatic carbocycles. The van der Waals surface area contributed by atoms with Crippen LogP contribution in [0.1, 0.15) is 44.2 Å². The first-order valence-electron chi connectivity index (χ1n) is 10.4. The number of nitrogens with zero attached hydrogens (tertiary/aromatic N) is 3. The maximum atomic E-state index is 12.5. The molecule has 0 radical (unpaired) electrons. The van der Waals surface area contributed by atoms with Crippen LogP contribution in [0.15, 0.2) is 36.7 Å². The van der Waals surface area contributed by atoms with Crippen LogP contribution in [0.4, 0.5) is 5.69 Å². The van der Waals surface area contributed by atoms with E-state index in [9.17, 15) is 14.7 Å². The van der Waals surface area contributed by atoms with Crippen LogP contribution in [0.25, 0.3) is 0 Å². The minimum Gasteiger partial charge on any atom is -0.394 e. The zero-order chi connectivity index (χ0) is 21.7. The lowest BCUT2D eigenvalue weighted by atomic mass is 9.98. The molecule has 2 heterocycles. The van der Waals surface area contributed by atoms with E-state index in [1.54, 1.807) is 11.1 Å². The van der Waals surface area contributed by atoms with E-state index in [-0.39, 0.29) is 30.9 Å². The van der Waals surface area contributed by atoms with E-state index in [2.05, 4.69) is 10.3 Å². The van der Waals surface area contributed by atoms with E-state index in [0.717, 1.165) is 24.2 Å². The predicted molar refractivity (Wildman–Crippen MR) is 112 cm³/mol. The van der Waals surface area contributed by atoms with Gasteiger partial charge in [-0.2, -0.15) is 0 Å². The van der Waals surface area contributed by atoms with E-state index in [1.807, 2.05) is 55.9 Å². The van der Waals surface area contributed by atoms with Crippen molar-refractivity contribution in [1.29, 1.82) is 0 Å². The van der Waals surface area contributed by atoms with Gasteiger partial charge in [0.25, 0.3) is 0 Å². The minimum atomic E-state index is -0.520. The number of ether oxygens (including phenoxy) is 1. The maximum Gasteiger partial charge on any atom is 0.249 e. The number of morpholine rings is 1. The minimum absolute atomic E-state index is 0.00387. The van der Waals surface area contributed by atoms with Crippen molar-refractivity contribution in [2.24, 2.45) is 13.0 Å². The van der Waals surface area contributed by atoms with Gasteiger partial charge >= 0.3 is 0 Å². The average molecular weight is 415 g/mol. The number of hydrogen-bond donors (Lipinski definition) is 2. The monoisotopic (exact) mass is 414 g/mol. The summed E-state index contributed by atoms with van der Waals surface area (Å²) in [5.41, 5.74) is 1.56. The molecule has 2 amide bonds. The van der Waals surface area contributed by atoms with Crippen LogP contribution in [0.5, 0.6) is 0 Å². The van der Waals surface area contributed by atoms with Gasteiger partial charge in [-0.15, -0.1) is 0 Å². The highest BCUT2D eigenvalue weighted by atomic mass is 16.5. The number of aliphatic hydroxyl groups excluding tert-OH is 1. The van der Waals surface area contributed by atoms with Gasteiger partial charge in [-0.3, -0.25) is 9.59 Å². The molecule has 0 aliphatic carbocycles. The molecule has 30 heavy (non-hydrogen) atoms. The van der Waals surface area contributed by atoms with Crippen molar-refractivity contribution in [2.75, 3.05) is 18.5 Å². The number of hydrogen-bond acceptors (Lipinski definition) is 5. The van der Waals surface area contributed by atoms with Crippen LogP contribution in [0.3, 0.4) is 0 Å². The van der Waals surface area contributed by atoms with E-state index in [0.29, 0.717) is 12.2 Å². The number of carbonyl (C=O) groups is 2. The van der Waals surface area contributed by atoms with Gasteiger partial charge in [-0.1, -0.05) is 26.0 Å². The number of aromatic nitrogens is 2. The highest BCUT2D eigenvalue weighted by Gasteiger charge is 2.37. The molecular weight excluding hydrogens is 384 g/mol. The molecule has 1 fully saturated rings. The Hall–Kier alpha value is -2.71. The van der Waals surface area contributed by atoms with Gasteiger partial charge in [0.2, 0.25) is 11.8 Å². The molecule has 0 unspecified atom stereocenters. The number of carbonyl (C=O) groups excluding carboxylic acids is 2. The number of nitrogens with one attached hydrogen (secondary N) is 1. The molecular formula is C22H30N4O4. The molecule has 1 saturated heterocycles. The third kappa shape index (κ3) is 4.71. The van der Waals surface area contributed by atoms with Crippen LogP contribution >= 0.6 is 0 Å². The fraction of sp³-hybridized carbons (Fsp3) is 0.500. The Bertz CT molecular complexity index is 860. The molecule has 2 aromatic rings. The summed E-state index contributed by atoms with van der Waals surface area (Å²) in [6, 6.07) is 6.86. The van der Waals surface area contributed by atoms with Gasteiger partial charge in [-0.25, -0.2) is 4.98 Å². The Labute approximate surface area is 176 Å². The summed E-state index contributed by atoms with van der Waals surface area (Å²) in [6.45, 7) is 4.03. The van der Waals surface area contributed by atoms with Crippen LogP contribution in [-0.2, 0) is 27.9 Å². The molecule has 1 aliphatic heterocycles. The average Bonchev–Trinajstić information content (AvgIpc) is 3.15. The number of anilines is 1. The Balaban J connectivity index is 1.74. The summed E-state index contributed by atoms with van der Waals surface area (Å²) in [5.74, 6) is 0.571. The summed E-state index contributed by atoms with van der Waals surface area (Å²) in [6.07, 6.45) is 4.64. The number of imidazole rings is 1. The largest absolute Gasteiger partial charge is 0.394 e. The molecule has 1 aromatic heterocycles. The Kier molecular flexibility index (Phi) is 7.23. The van der Waals surface area contributed by atoms with Crippen LogP contribution in [0, 0.1) is 5.92 Å². The number of rotatable bonds is 8. The van der Waals surface area contributed by atoms with Gasteiger partial charge in [-0.05, 0) is 30.5 Å². The standard InChI is InChI=1S/C22H30N4O4/c1-4-15(5-2)22(29)24-17-8-6-16(7-9-17)21-18(13-27)26(20(28)14-30-21)12-19-23-10-11-25(19)3/h6-11,15,18,21,27H,4-5,12-14H2,1-3H3,(H,24,29)/t18-,21-/m1/s1. The lowest BCUT2D eigenvalue weighted by molar-refractivity contribution is -0.162. The molecule has 162 valence electrons. The third-order valence-electron chi connectivity index (χ3n) is 5.74. The number of benzene rings is 1. The maximum absolute atomic E-state index is 12.5. The lowest BCUT2D eigenvalue weighted by Gasteiger charge is -2.40. The zero-order valence-corrected chi connectivity index (χ0v) is 17.7. The predicted octanol–water partition coefficient (Wildman–Crippen LogP) is 2.26. The van der Waals surface area contributed by atoms with Gasteiger partial charge in [0, 0.05) is 31.0 Å². The van der Waals surface area contributed by atoms with Crippen molar-refractivity contribution >= 4 is 17.5 Å². The molecule has 2 atom stereocenters. The summed E-state index contributed by atoms with van der Waals surface area (Å²) < 4.78 is 7.64. The van der Waals surface area contributed by atoms with E-state index < -0.39 is 12.1 Å². The fourth-order valence-electron chi connectivity index (χ4n) is 3.78. The van der Waals surface area contributed by atoms with Crippen molar-refractivity contribution in [2.45, 2.75) is 45.4 Å². The summed E-state index contributed by atoms with van der Waals surface area (Å²) in [4.78, 5) is 30.7. The van der Waals surface area contributed by atoms with Crippen LogP contribution in [0.2, 0.25) is 0 Å². The molecule has 8 nitrogen and oxygen atoms in total. The van der Waals surface area contributed by atoms with E-state index in [4.69, 9.17) is 4.74 Å². The topological polar surface area (TPSA) is 96.7 Å². The van der Waals surface area contributed by atoms with Crippen LogP contribution in [-0.4, -0.2) is 50.6 Å². The molecule has 3 rings (SSSR count). The van der Waals surface area contributed by atoms with Crippen LogP contribution < -0.4 is 5.32 Å². The second-order valence-electron chi connectivity index (χ2n) is 7.58. The number of amides is 2. The molecule has 0 bridgehead atoms. The molecule has 8 heteroatoms. The normalized spacial score (nSPS) is 19.4. The summed E-state index contributed by atoms with van der Waals surface area (Å²) in [5, 5.41) is 13.0. The number of aryl methyl sites for hydroxylation is 1. The third-order valence-corrected chi connectivity index (χ3v) is 5.74. The number of aliphatic hydroxyl groups is 1. The first kappa shape index (κ1) is 22.0. The van der Waals surface area contributed by atoms with E-state index in [1.165, 1.54) is 0 Å². The lowest BCUT2D eigenvalue weighted by Crippen LogP contribution is -2.52. The summed E-state index contributed by atoms with van der Waals surface area (Å²) >= 11 is 0. The van der Waals surface area contributed by atoms with Crippen molar-refractivity contribution in [1.82, 2.24) is 14.5 Å². The highest BCUT2D eigenvalue weighted by Crippen LogP contribution is 2.30. The quantitative estimate of drug-likeness (QED) is 0.691. The van der Waals surface area contributed by atoms with Gasteiger partial charge in [0.1, 0.15) is 18.5 Å². The van der Waals surface area contributed by atoms with Gasteiger partial charge < -0.3 is 24.6 Å². The molecule has 2 N–H and O–H groups in total. The van der Waals surface area contributed by atoms with E-state index >= 15 is 0 Å². The Morgan fingerprint density at radius 2 is 2.00 bits per heavy atom. The highest BCUT2D eigenvalue weighted by molar-refractivity contribution is 5.92. The first-order valence-corrected chi connectivity index (χ1v) is 10.4. The second kappa shape index (κ2) is 9.86. The van der Waals surface area contributed by atoms with Crippen molar-refractivity contribution in [3.8, 4) is 0 Å². The second-order valence-corrected chi connectivity index (χ2v) is 7.58. The molecule has 0 spiro atoms. The fourth-order valence-corrected chi connectivity index (χ4v) is 3.78. The molecule has 0 saturated carbocycles. The van der Waals surface area contributed by atoms with Gasteiger partial charge in [0.15, 0.2) is 0 Å². The molecule has 1 aliphatic rings. The Morgan fingerprint density at radius 3 is 2.57 bits per heavy atom. The zero-order valence-electron chi connectivity index (χ0n) is 17.7. The SMILES string of the molecule is CCC(CC)C(=O)Nc1ccc([C@H]2OCC(=O)N(Cc3nccn3C)[C@@H]2CO)cc1. The van der Waals surface area contributed by atoms with Gasteiger partial charge in [0.05, 0.1) is 19.2 Å². The Morgan fingerprint density at radius 1 is 1.30 bits per heavy atom. The first-order chi connectivity index (χ1) is 14.5. The summed E-state index contributed by atoms with van der Waals surface area (Å²) in [7, 11) is 1.87. The van der Waals surface area contributed by atoms with Crippen molar-refractivity contribution < 1.29 is 19.4 Å². The van der Waals surface area contributed by atoms with Crippen molar-refractivity contribution in [3.05, 3.63) is 48.0 Å². The van der Waals surface area contributed by atoms with Crippen molar-refractivity contribution in [3.63, 3.8) is 0 Å².